The van der Waals surface area contributed by atoms with Gasteiger partial charge in [0.2, 0.25) is 0 Å². The molecule has 0 amide bonds. The van der Waals surface area contributed by atoms with Crippen molar-refractivity contribution < 1.29 is 4.42 Å². The predicted octanol–water partition coefficient (Wildman–Crippen LogP) is 3.37. The SMILES string of the molecule is CC(C)CCC(N)c1ccc(Cl)o1. The normalized spacial score (nSPS) is 13.6. The molecule has 74 valence electrons. The fourth-order valence-corrected chi connectivity index (χ4v) is 1.33. The Hall–Kier alpha value is -0.470. The van der Waals surface area contributed by atoms with Gasteiger partial charge in [0.15, 0.2) is 5.22 Å². The Morgan fingerprint density at radius 3 is 2.54 bits per heavy atom. The lowest BCUT2D eigenvalue weighted by atomic mass is 10.0. The van der Waals surface area contributed by atoms with Crippen LogP contribution in [0.5, 0.6) is 0 Å². The largest absolute Gasteiger partial charge is 0.448 e. The summed E-state index contributed by atoms with van der Waals surface area (Å²) in [4.78, 5) is 0. The van der Waals surface area contributed by atoms with E-state index in [0.29, 0.717) is 11.1 Å². The summed E-state index contributed by atoms with van der Waals surface area (Å²) in [5.41, 5.74) is 5.90. The third kappa shape index (κ3) is 3.41. The van der Waals surface area contributed by atoms with Crippen LogP contribution in [-0.2, 0) is 0 Å². The maximum atomic E-state index is 5.90. The van der Waals surface area contributed by atoms with Crippen LogP contribution >= 0.6 is 11.6 Å². The summed E-state index contributed by atoms with van der Waals surface area (Å²) in [6.07, 6.45) is 2.06. The number of furan rings is 1. The highest BCUT2D eigenvalue weighted by Gasteiger charge is 2.10. The third-order valence-electron chi connectivity index (χ3n) is 2.01. The Morgan fingerprint density at radius 2 is 2.08 bits per heavy atom. The average Bonchev–Trinajstić information content (AvgIpc) is 2.47. The topological polar surface area (TPSA) is 39.2 Å². The summed E-state index contributed by atoms with van der Waals surface area (Å²) < 4.78 is 5.22. The minimum absolute atomic E-state index is 0.0186. The van der Waals surface area contributed by atoms with Gasteiger partial charge in [-0.3, -0.25) is 0 Å². The molecule has 0 aliphatic heterocycles. The monoisotopic (exact) mass is 201 g/mol. The molecular formula is C10H16ClNO. The van der Waals surface area contributed by atoms with Crippen LogP contribution in [0, 0.1) is 5.92 Å². The van der Waals surface area contributed by atoms with Gasteiger partial charge in [-0.05, 0) is 42.5 Å². The van der Waals surface area contributed by atoms with Crippen LogP contribution in [0.2, 0.25) is 5.22 Å². The van der Waals surface area contributed by atoms with Crippen molar-refractivity contribution in [1.29, 1.82) is 0 Å². The highest BCUT2D eigenvalue weighted by atomic mass is 35.5. The molecule has 1 rings (SSSR count). The molecule has 1 heterocycles. The molecule has 0 spiro atoms. The second-order valence-corrected chi connectivity index (χ2v) is 4.09. The molecule has 2 N–H and O–H groups in total. The Kier molecular flexibility index (Phi) is 3.82. The van der Waals surface area contributed by atoms with Crippen LogP contribution in [0.3, 0.4) is 0 Å². The van der Waals surface area contributed by atoms with Crippen molar-refractivity contribution in [1.82, 2.24) is 0 Å². The Morgan fingerprint density at radius 1 is 1.38 bits per heavy atom. The molecule has 1 aromatic heterocycles. The van der Waals surface area contributed by atoms with Gasteiger partial charge in [-0.25, -0.2) is 0 Å². The summed E-state index contributed by atoms with van der Waals surface area (Å²) in [6.45, 7) is 4.36. The first-order valence-corrected chi connectivity index (χ1v) is 4.98. The number of hydrogen-bond acceptors (Lipinski definition) is 2. The molecule has 1 unspecified atom stereocenters. The number of hydrogen-bond donors (Lipinski definition) is 1. The van der Waals surface area contributed by atoms with Gasteiger partial charge in [0, 0.05) is 0 Å². The van der Waals surface area contributed by atoms with E-state index >= 15 is 0 Å². The molecule has 0 saturated heterocycles. The molecule has 0 radical (unpaired) electrons. The van der Waals surface area contributed by atoms with Crippen molar-refractivity contribution in [2.75, 3.05) is 0 Å². The summed E-state index contributed by atoms with van der Waals surface area (Å²) >= 11 is 5.64. The number of halogens is 1. The van der Waals surface area contributed by atoms with Gasteiger partial charge in [0.05, 0.1) is 6.04 Å². The Labute approximate surface area is 84.1 Å². The lowest BCUT2D eigenvalue weighted by Gasteiger charge is -2.09. The molecule has 0 aliphatic rings. The van der Waals surface area contributed by atoms with Gasteiger partial charge in [-0.15, -0.1) is 0 Å². The van der Waals surface area contributed by atoms with Crippen LogP contribution in [0.25, 0.3) is 0 Å². The number of rotatable bonds is 4. The summed E-state index contributed by atoms with van der Waals surface area (Å²) in [7, 11) is 0. The first kappa shape index (κ1) is 10.6. The first-order valence-electron chi connectivity index (χ1n) is 4.60. The lowest BCUT2D eigenvalue weighted by Crippen LogP contribution is -2.10. The van der Waals surface area contributed by atoms with E-state index < -0.39 is 0 Å². The second-order valence-electron chi connectivity index (χ2n) is 3.72. The molecular weight excluding hydrogens is 186 g/mol. The first-order chi connectivity index (χ1) is 6.09. The molecule has 0 bridgehead atoms. The number of nitrogens with two attached hydrogens (primary N) is 1. The summed E-state index contributed by atoms with van der Waals surface area (Å²) in [6, 6.07) is 3.55. The maximum Gasteiger partial charge on any atom is 0.193 e. The molecule has 0 fully saturated rings. The van der Waals surface area contributed by atoms with Crippen molar-refractivity contribution in [3.8, 4) is 0 Å². The van der Waals surface area contributed by atoms with Gasteiger partial charge in [-0.1, -0.05) is 13.8 Å². The van der Waals surface area contributed by atoms with E-state index in [9.17, 15) is 0 Å². The quantitative estimate of drug-likeness (QED) is 0.812. The molecule has 0 saturated carbocycles. The average molecular weight is 202 g/mol. The molecule has 0 aliphatic carbocycles. The van der Waals surface area contributed by atoms with Crippen molar-refractivity contribution in [3.05, 3.63) is 23.1 Å². The zero-order valence-corrected chi connectivity index (χ0v) is 8.84. The lowest BCUT2D eigenvalue weighted by molar-refractivity contribution is 0.425. The van der Waals surface area contributed by atoms with E-state index in [0.717, 1.165) is 18.6 Å². The van der Waals surface area contributed by atoms with Crippen molar-refractivity contribution >= 4 is 11.6 Å². The van der Waals surface area contributed by atoms with Crippen LogP contribution < -0.4 is 5.73 Å². The standard InChI is InChI=1S/C10H16ClNO/c1-7(2)3-4-8(12)9-5-6-10(11)13-9/h5-8H,3-4,12H2,1-2H3. The Balaban J connectivity index is 2.44. The van der Waals surface area contributed by atoms with E-state index in [1.54, 1.807) is 6.07 Å². The van der Waals surface area contributed by atoms with Crippen molar-refractivity contribution in [2.45, 2.75) is 32.7 Å². The molecule has 0 aromatic carbocycles. The van der Waals surface area contributed by atoms with Gasteiger partial charge < -0.3 is 10.2 Å². The van der Waals surface area contributed by atoms with Crippen LogP contribution in [0.4, 0.5) is 0 Å². The van der Waals surface area contributed by atoms with Crippen LogP contribution in [0.1, 0.15) is 38.5 Å². The summed E-state index contributed by atoms with van der Waals surface area (Å²) in [5.74, 6) is 1.46. The molecule has 3 heteroatoms. The zero-order chi connectivity index (χ0) is 9.84. The Bertz CT molecular complexity index is 257. The zero-order valence-electron chi connectivity index (χ0n) is 8.09. The highest BCUT2D eigenvalue weighted by molar-refractivity contribution is 6.28. The van der Waals surface area contributed by atoms with E-state index in [2.05, 4.69) is 13.8 Å². The third-order valence-corrected chi connectivity index (χ3v) is 2.22. The molecule has 1 aromatic rings. The van der Waals surface area contributed by atoms with Gasteiger partial charge >= 0.3 is 0 Å². The van der Waals surface area contributed by atoms with Crippen LogP contribution in [0.15, 0.2) is 16.5 Å². The van der Waals surface area contributed by atoms with Gasteiger partial charge in [0.1, 0.15) is 5.76 Å². The maximum absolute atomic E-state index is 5.90. The van der Waals surface area contributed by atoms with Crippen molar-refractivity contribution in [2.24, 2.45) is 11.7 Å². The second kappa shape index (κ2) is 4.68. The van der Waals surface area contributed by atoms with Crippen LogP contribution in [-0.4, -0.2) is 0 Å². The molecule has 1 atom stereocenters. The van der Waals surface area contributed by atoms with E-state index in [4.69, 9.17) is 21.8 Å². The summed E-state index contributed by atoms with van der Waals surface area (Å²) in [5, 5.41) is 0.412. The highest BCUT2D eigenvalue weighted by Crippen LogP contribution is 2.22. The van der Waals surface area contributed by atoms with Gasteiger partial charge in [-0.2, -0.15) is 0 Å². The smallest absolute Gasteiger partial charge is 0.193 e. The fourth-order valence-electron chi connectivity index (χ4n) is 1.18. The van der Waals surface area contributed by atoms with E-state index in [-0.39, 0.29) is 6.04 Å². The van der Waals surface area contributed by atoms with Gasteiger partial charge in [0.25, 0.3) is 0 Å². The minimum atomic E-state index is -0.0186. The van der Waals surface area contributed by atoms with E-state index in [1.165, 1.54) is 0 Å². The molecule has 2 nitrogen and oxygen atoms in total. The van der Waals surface area contributed by atoms with E-state index in [1.807, 2.05) is 6.07 Å². The minimum Gasteiger partial charge on any atom is -0.448 e. The molecule has 13 heavy (non-hydrogen) atoms. The van der Waals surface area contributed by atoms with Crippen molar-refractivity contribution in [3.63, 3.8) is 0 Å². The predicted molar refractivity (Wildman–Crippen MR) is 54.7 cm³/mol. The fraction of sp³-hybridized carbons (Fsp3) is 0.600.